The molecule has 0 saturated carbocycles. The molecule has 0 heterocycles. The predicted molar refractivity (Wildman–Crippen MR) is 62.5 cm³/mol. The second kappa shape index (κ2) is 6.56. The molecule has 0 amide bonds. The van der Waals surface area contributed by atoms with Gasteiger partial charge in [0.1, 0.15) is 0 Å². The molecule has 0 aliphatic heterocycles. The van der Waals surface area contributed by atoms with Crippen LogP contribution in [0.5, 0.6) is 0 Å². The minimum atomic E-state index is 0.611. The monoisotopic (exact) mass is 208 g/mol. The van der Waals surface area contributed by atoms with Crippen molar-refractivity contribution in [3.05, 3.63) is 35.4 Å². The maximum absolute atomic E-state index is 5.54. The molecular formula is C12H20N2O. The fraction of sp³-hybridized carbons (Fsp3) is 0.500. The van der Waals surface area contributed by atoms with Crippen LogP contribution in [0.3, 0.4) is 0 Å². The molecule has 0 aliphatic rings. The average molecular weight is 208 g/mol. The number of methoxy groups -OCH3 is 1. The largest absolute Gasteiger partial charge is 0.383 e. The molecular weight excluding hydrogens is 188 g/mol. The Morgan fingerprint density at radius 2 is 1.80 bits per heavy atom. The van der Waals surface area contributed by atoms with Crippen molar-refractivity contribution in [2.24, 2.45) is 5.73 Å². The number of nitrogens with two attached hydrogens (primary N) is 1. The minimum Gasteiger partial charge on any atom is -0.383 e. The molecule has 1 rings (SSSR count). The Labute approximate surface area is 91.8 Å². The molecule has 84 valence electrons. The number of hydrogen-bond acceptors (Lipinski definition) is 3. The number of hydrogen-bond donors (Lipinski definition) is 1. The van der Waals surface area contributed by atoms with Gasteiger partial charge < -0.3 is 10.5 Å². The predicted octanol–water partition coefficient (Wildman–Crippen LogP) is 1.22. The standard InChI is InChI=1S/C12H20N2O/c1-14(7-8-15-2)10-12-5-3-11(9-13)4-6-12/h3-6H,7-10,13H2,1-2H3. The molecule has 0 saturated heterocycles. The second-order valence-electron chi connectivity index (χ2n) is 3.75. The molecule has 0 atom stereocenters. The normalized spacial score (nSPS) is 10.9. The third-order valence-corrected chi connectivity index (χ3v) is 2.39. The van der Waals surface area contributed by atoms with Gasteiger partial charge in [-0.25, -0.2) is 0 Å². The third-order valence-electron chi connectivity index (χ3n) is 2.39. The summed E-state index contributed by atoms with van der Waals surface area (Å²) in [6.45, 7) is 3.29. The summed E-state index contributed by atoms with van der Waals surface area (Å²) in [5, 5.41) is 0. The summed E-state index contributed by atoms with van der Waals surface area (Å²) in [6.07, 6.45) is 0. The summed E-state index contributed by atoms with van der Waals surface area (Å²) in [5.41, 5.74) is 8.03. The van der Waals surface area contributed by atoms with E-state index in [0.717, 1.165) is 19.7 Å². The fourth-order valence-corrected chi connectivity index (χ4v) is 1.42. The summed E-state index contributed by atoms with van der Waals surface area (Å²) < 4.78 is 5.03. The van der Waals surface area contributed by atoms with Crippen molar-refractivity contribution in [1.29, 1.82) is 0 Å². The lowest BCUT2D eigenvalue weighted by atomic mass is 10.1. The Balaban J connectivity index is 2.42. The smallest absolute Gasteiger partial charge is 0.0589 e. The van der Waals surface area contributed by atoms with E-state index in [1.807, 2.05) is 0 Å². The quantitative estimate of drug-likeness (QED) is 0.764. The van der Waals surface area contributed by atoms with E-state index in [1.54, 1.807) is 7.11 Å². The third kappa shape index (κ3) is 4.42. The van der Waals surface area contributed by atoms with Crippen LogP contribution in [-0.4, -0.2) is 32.2 Å². The number of likely N-dealkylation sites (N-methyl/N-ethyl adjacent to an activating group) is 1. The van der Waals surface area contributed by atoms with Crippen LogP contribution < -0.4 is 5.73 Å². The minimum absolute atomic E-state index is 0.611. The first-order valence-electron chi connectivity index (χ1n) is 5.21. The van der Waals surface area contributed by atoms with Crippen molar-refractivity contribution < 1.29 is 4.74 Å². The van der Waals surface area contributed by atoms with Crippen molar-refractivity contribution in [1.82, 2.24) is 4.90 Å². The Hall–Kier alpha value is -0.900. The Kier molecular flexibility index (Phi) is 5.32. The maximum Gasteiger partial charge on any atom is 0.0589 e. The van der Waals surface area contributed by atoms with Gasteiger partial charge in [0, 0.05) is 26.7 Å². The molecule has 0 unspecified atom stereocenters. The number of rotatable bonds is 6. The summed E-state index contributed by atoms with van der Waals surface area (Å²) >= 11 is 0. The lowest BCUT2D eigenvalue weighted by Crippen LogP contribution is -2.22. The van der Waals surface area contributed by atoms with E-state index in [9.17, 15) is 0 Å². The molecule has 1 aromatic rings. The Morgan fingerprint density at radius 3 is 2.33 bits per heavy atom. The average Bonchev–Trinajstić information content (AvgIpc) is 2.27. The maximum atomic E-state index is 5.54. The van der Waals surface area contributed by atoms with Gasteiger partial charge in [0.05, 0.1) is 6.61 Å². The van der Waals surface area contributed by atoms with Crippen molar-refractivity contribution in [2.45, 2.75) is 13.1 Å². The first-order valence-corrected chi connectivity index (χ1v) is 5.21. The van der Waals surface area contributed by atoms with Crippen LogP contribution in [-0.2, 0) is 17.8 Å². The highest BCUT2D eigenvalue weighted by atomic mass is 16.5. The molecule has 3 heteroatoms. The highest BCUT2D eigenvalue weighted by Gasteiger charge is 1.99. The topological polar surface area (TPSA) is 38.5 Å². The van der Waals surface area contributed by atoms with Crippen molar-refractivity contribution in [3.8, 4) is 0 Å². The Morgan fingerprint density at radius 1 is 1.20 bits per heavy atom. The SMILES string of the molecule is COCCN(C)Cc1ccc(CN)cc1. The van der Waals surface area contributed by atoms with Gasteiger partial charge in [0.2, 0.25) is 0 Å². The van der Waals surface area contributed by atoms with Gasteiger partial charge in [0.15, 0.2) is 0 Å². The van der Waals surface area contributed by atoms with E-state index in [-0.39, 0.29) is 0 Å². The molecule has 3 nitrogen and oxygen atoms in total. The molecule has 1 aromatic carbocycles. The van der Waals surface area contributed by atoms with E-state index < -0.39 is 0 Å². The van der Waals surface area contributed by atoms with Gasteiger partial charge in [0.25, 0.3) is 0 Å². The van der Waals surface area contributed by atoms with E-state index in [4.69, 9.17) is 10.5 Å². The van der Waals surface area contributed by atoms with Crippen LogP contribution >= 0.6 is 0 Å². The highest BCUT2D eigenvalue weighted by molar-refractivity contribution is 5.22. The van der Waals surface area contributed by atoms with Gasteiger partial charge in [-0.05, 0) is 18.2 Å². The lowest BCUT2D eigenvalue weighted by Gasteiger charge is -2.16. The molecule has 0 spiro atoms. The molecule has 2 N–H and O–H groups in total. The molecule has 0 aromatic heterocycles. The molecule has 0 aliphatic carbocycles. The summed E-state index contributed by atoms with van der Waals surface area (Å²) in [6, 6.07) is 8.43. The van der Waals surface area contributed by atoms with Gasteiger partial charge >= 0.3 is 0 Å². The first-order chi connectivity index (χ1) is 7.26. The van der Waals surface area contributed by atoms with Crippen LogP contribution in [0.25, 0.3) is 0 Å². The fourth-order valence-electron chi connectivity index (χ4n) is 1.42. The zero-order chi connectivity index (χ0) is 11.1. The molecule has 15 heavy (non-hydrogen) atoms. The van der Waals surface area contributed by atoms with Crippen molar-refractivity contribution in [3.63, 3.8) is 0 Å². The van der Waals surface area contributed by atoms with Crippen LogP contribution in [0, 0.1) is 0 Å². The first kappa shape index (κ1) is 12.2. The van der Waals surface area contributed by atoms with Crippen LogP contribution in [0.2, 0.25) is 0 Å². The Bertz CT molecular complexity index is 271. The molecule has 0 fully saturated rings. The van der Waals surface area contributed by atoms with E-state index in [1.165, 1.54) is 11.1 Å². The zero-order valence-electron chi connectivity index (χ0n) is 9.57. The zero-order valence-corrected chi connectivity index (χ0v) is 9.57. The highest BCUT2D eigenvalue weighted by Crippen LogP contribution is 2.05. The van der Waals surface area contributed by atoms with Gasteiger partial charge in [-0.3, -0.25) is 4.90 Å². The van der Waals surface area contributed by atoms with Crippen LogP contribution in [0.1, 0.15) is 11.1 Å². The number of ether oxygens (including phenoxy) is 1. The lowest BCUT2D eigenvalue weighted by molar-refractivity contribution is 0.158. The molecule has 0 radical (unpaired) electrons. The van der Waals surface area contributed by atoms with Crippen molar-refractivity contribution in [2.75, 3.05) is 27.3 Å². The number of nitrogens with zero attached hydrogens (tertiary/aromatic N) is 1. The van der Waals surface area contributed by atoms with Gasteiger partial charge in [-0.2, -0.15) is 0 Å². The van der Waals surface area contributed by atoms with E-state index in [2.05, 4.69) is 36.2 Å². The van der Waals surface area contributed by atoms with E-state index >= 15 is 0 Å². The summed E-state index contributed by atoms with van der Waals surface area (Å²) in [7, 11) is 3.82. The van der Waals surface area contributed by atoms with Gasteiger partial charge in [-0.1, -0.05) is 24.3 Å². The molecule has 0 bridgehead atoms. The van der Waals surface area contributed by atoms with Crippen molar-refractivity contribution >= 4 is 0 Å². The summed E-state index contributed by atoms with van der Waals surface area (Å²) in [5.74, 6) is 0. The van der Waals surface area contributed by atoms with Crippen LogP contribution in [0.15, 0.2) is 24.3 Å². The van der Waals surface area contributed by atoms with E-state index in [0.29, 0.717) is 6.54 Å². The number of benzene rings is 1. The van der Waals surface area contributed by atoms with Gasteiger partial charge in [-0.15, -0.1) is 0 Å². The second-order valence-corrected chi connectivity index (χ2v) is 3.75. The summed E-state index contributed by atoms with van der Waals surface area (Å²) in [4.78, 5) is 2.24. The van der Waals surface area contributed by atoms with Crippen LogP contribution in [0.4, 0.5) is 0 Å².